The lowest BCUT2D eigenvalue weighted by atomic mass is 10.1. The number of allylic oxidation sites excluding steroid dienone is 2. The van der Waals surface area contributed by atoms with Crippen LogP contribution in [0.4, 0.5) is 10.2 Å². The molecule has 184 valence electrons. The van der Waals surface area contributed by atoms with Crippen LogP contribution in [-0.2, 0) is 6.54 Å². The number of benzene rings is 1. The van der Waals surface area contributed by atoms with Crippen LogP contribution >= 0.6 is 0 Å². The molecule has 10 heteroatoms. The van der Waals surface area contributed by atoms with E-state index in [9.17, 15) is 4.39 Å². The molecule has 1 fully saturated rings. The van der Waals surface area contributed by atoms with Gasteiger partial charge in [0.1, 0.15) is 24.0 Å². The molecule has 0 radical (unpaired) electrons. The van der Waals surface area contributed by atoms with Gasteiger partial charge >= 0.3 is 6.01 Å². The molecule has 2 aliphatic heterocycles. The van der Waals surface area contributed by atoms with Gasteiger partial charge < -0.3 is 25.1 Å². The number of anilines is 1. The lowest BCUT2D eigenvalue weighted by molar-refractivity contribution is 0.237. The Hall–Kier alpha value is -3.66. The number of likely N-dealkylation sites (tertiary alicyclic amines) is 1. The van der Waals surface area contributed by atoms with Crippen LogP contribution in [0.3, 0.4) is 0 Å². The number of nitrogens with one attached hydrogen (secondary N) is 1. The van der Waals surface area contributed by atoms with Gasteiger partial charge in [0.2, 0.25) is 0 Å². The summed E-state index contributed by atoms with van der Waals surface area (Å²) in [6.07, 6.45) is 5.74. The first-order chi connectivity index (χ1) is 17.1. The number of aromatic nitrogens is 4. The molecule has 2 aromatic heterocycles. The fraction of sp³-hybridized carbons (Fsp3) is 0.400. The highest BCUT2D eigenvalue weighted by atomic mass is 19.1. The van der Waals surface area contributed by atoms with Crippen molar-refractivity contribution < 1.29 is 13.9 Å². The minimum atomic E-state index is -0.274. The number of imidazole rings is 1. The van der Waals surface area contributed by atoms with Crippen molar-refractivity contribution in [1.82, 2.24) is 29.7 Å². The van der Waals surface area contributed by atoms with Crippen molar-refractivity contribution in [1.29, 1.82) is 0 Å². The summed E-state index contributed by atoms with van der Waals surface area (Å²) < 4.78 is 27.5. The van der Waals surface area contributed by atoms with E-state index in [0.717, 1.165) is 30.9 Å². The lowest BCUT2D eigenvalue weighted by Crippen LogP contribution is -2.25. The number of nitrogens with two attached hydrogens (primary N) is 1. The number of halogens is 1. The number of hydrogen-bond acceptors (Lipinski definition) is 8. The minimum absolute atomic E-state index is 0.150. The summed E-state index contributed by atoms with van der Waals surface area (Å²) in [7, 11) is 0. The molecule has 0 amide bonds. The Kier molecular flexibility index (Phi) is 6.80. The van der Waals surface area contributed by atoms with Crippen molar-refractivity contribution in [2.75, 3.05) is 45.1 Å². The Bertz CT molecular complexity index is 1260. The van der Waals surface area contributed by atoms with Crippen LogP contribution in [0.15, 0.2) is 42.4 Å². The predicted molar refractivity (Wildman–Crippen MR) is 133 cm³/mol. The number of dihydropyridines is 1. The highest BCUT2D eigenvalue weighted by molar-refractivity contribution is 5.86. The van der Waals surface area contributed by atoms with Gasteiger partial charge in [-0.1, -0.05) is 12.1 Å². The number of nitrogen functional groups attached to an aromatic ring is 1. The molecule has 3 N–H and O–H groups in total. The standard InChI is InChI=1S/C25H30FN7O2/c1-2-34-25-30-22(27)21-24(31-25)33(23(29-21)18-13-19(26)15-28-14-18)16-17-6-5-7-20(12-17)35-11-10-32-8-3-4-9-32/h5-7,12-14,28H,2-4,8-11,15-16H2,1H3,(H2,27,30,31). The van der Waals surface area contributed by atoms with Gasteiger partial charge in [0.05, 0.1) is 19.7 Å². The molecule has 35 heavy (non-hydrogen) atoms. The summed E-state index contributed by atoms with van der Waals surface area (Å²) in [6.45, 7) is 6.71. The number of hydrogen-bond donors (Lipinski definition) is 2. The Balaban J connectivity index is 1.46. The smallest absolute Gasteiger partial charge is 0.320 e. The average Bonchev–Trinajstić information content (AvgIpc) is 3.49. The van der Waals surface area contributed by atoms with Gasteiger partial charge in [0.15, 0.2) is 17.0 Å². The Morgan fingerprint density at radius 3 is 2.80 bits per heavy atom. The zero-order chi connectivity index (χ0) is 24.2. The molecule has 3 aromatic rings. The Morgan fingerprint density at radius 2 is 2.00 bits per heavy atom. The molecule has 4 heterocycles. The molecule has 9 nitrogen and oxygen atoms in total. The number of rotatable bonds is 9. The molecule has 2 aliphatic rings. The fourth-order valence-corrected chi connectivity index (χ4v) is 4.43. The lowest BCUT2D eigenvalue weighted by Gasteiger charge is -2.16. The molecule has 1 aromatic carbocycles. The zero-order valence-electron chi connectivity index (χ0n) is 19.8. The number of nitrogens with zero attached hydrogens (tertiary/aromatic N) is 5. The quantitative estimate of drug-likeness (QED) is 0.483. The van der Waals surface area contributed by atoms with E-state index >= 15 is 0 Å². The summed E-state index contributed by atoms with van der Waals surface area (Å²) in [5.74, 6) is 1.29. The maximum Gasteiger partial charge on any atom is 0.320 e. The van der Waals surface area contributed by atoms with Crippen LogP contribution in [0, 0.1) is 0 Å². The summed E-state index contributed by atoms with van der Waals surface area (Å²) >= 11 is 0. The monoisotopic (exact) mass is 479 g/mol. The molecule has 0 bridgehead atoms. The van der Waals surface area contributed by atoms with Crippen molar-refractivity contribution in [3.63, 3.8) is 0 Å². The van der Waals surface area contributed by atoms with Crippen LogP contribution in [0.25, 0.3) is 16.7 Å². The van der Waals surface area contributed by atoms with Crippen LogP contribution in [0.2, 0.25) is 0 Å². The van der Waals surface area contributed by atoms with E-state index in [2.05, 4.69) is 25.2 Å². The summed E-state index contributed by atoms with van der Waals surface area (Å²) in [5.41, 5.74) is 8.76. The molecule has 0 unspecified atom stereocenters. The largest absolute Gasteiger partial charge is 0.492 e. The van der Waals surface area contributed by atoms with E-state index in [-0.39, 0.29) is 24.2 Å². The molecule has 1 saturated heterocycles. The van der Waals surface area contributed by atoms with Crippen molar-refractivity contribution >= 4 is 22.6 Å². The molecular weight excluding hydrogens is 449 g/mol. The molecular formula is C25H30FN7O2. The Morgan fingerprint density at radius 1 is 1.14 bits per heavy atom. The first-order valence-corrected chi connectivity index (χ1v) is 12.0. The highest BCUT2D eigenvalue weighted by Crippen LogP contribution is 2.29. The van der Waals surface area contributed by atoms with Crippen molar-refractivity contribution in [2.24, 2.45) is 0 Å². The van der Waals surface area contributed by atoms with E-state index in [1.807, 2.05) is 35.8 Å². The molecule has 0 atom stereocenters. The second-order valence-corrected chi connectivity index (χ2v) is 8.63. The van der Waals surface area contributed by atoms with Gasteiger partial charge in [-0.3, -0.25) is 4.90 Å². The van der Waals surface area contributed by atoms with Gasteiger partial charge in [-0.2, -0.15) is 9.97 Å². The number of ether oxygens (including phenoxy) is 2. The van der Waals surface area contributed by atoms with E-state index in [1.54, 1.807) is 6.20 Å². The van der Waals surface area contributed by atoms with Gasteiger partial charge in [0, 0.05) is 18.3 Å². The molecule has 0 spiro atoms. The molecule has 0 aliphatic carbocycles. The summed E-state index contributed by atoms with van der Waals surface area (Å²) in [5, 5.41) is 2.95. The Labute approximate surface area is 203 Å². The first-order valence-electron chi connectivity index (χ1n) is 12.0. The van der Waals surface area contributed by atoms with E-state index in [0.29, 0.717) is 42.3 Å². The van der Waals surface area contributed by atoms with Crippen LogP contribution in [-0.4, -0.2) is 63.8 Å². The third-order valence-corrected chi connectivity index (χ3v) is 6.09. The molecule has 0 saturated carbocycles. The van der Waals surface area contributed by atoms with Crippen molar-refractivity contribution in [3.8, 4) is 11.8 Å². The van der Waals surface area contributed by atoms with Crippen molar-refractivity contribution in [2.45, 2.75) is 26.3 Å². The minimum Gasteiger partial charge on any atom is -0.492 e. The summed E-state index contributed by atoms with van der Waals surface area (Å²) in [6, 6.07) is 8.13. The highest BCUT2D eigenvalue weighted by Gasteiger charge is 2.21. The maximum absolute atomic E-state index is 14.1. The third kappa shape index (κ3) is 5.22. The van der Waals surface area contributed by atoms with Gasteiger partial charge in [-0.15, -0.1) is 0 Å². The van der Waals surface area contributed by atoms with E-state index in [1.165, 1.54) is 18.9 Å². The normalized spacial score (nSPS) is 16.2. The van der Waals surface area contributed by atoms with Gasteiger partial charge in [-0.05, 0) is 56.6 Å². The first kappa shape index (κ1) is 23.1. The van der Waals surface area contributed by atoms with Crippen LogP contribution < -0.4 is 20.5 Å². The zero-order valence-corrected chi connectivity index (χ0v) is 19.8. The van der Waals surface area contributed by atoms with Crippen molar-refractivity contribution in [3.05, 3.63) is 53.8 Å². The predicted octanol–water partition coefficient (Wildman–Crippen LogP) is 3.13. The second kappa shape index (κ2) is 10.3. The van der Waals surface area contributed by atoms with Crippen LogP contribution in [0.5, 0.6) is 11.8 Å². The topological polar surface area (TPSA) is 103 Å². The van der Waals surface area contributed by atoms with E-state index < -0.39 is 0 Å². The van der Waals surface area contributed by atoms with E-state index in [4.69, 9.17) is 15.2 Å². The second-order valence-electron chi connectivity index (χ2n) is 8.63. The summed E-state index contributed by atoms with van der Waals surface area (Å²) in [4.78, 5) is 15.9. The van der Waals surface area contributed by atoms with Crippen LogP contribution in [0.1, 0.15) is 31.2 Å². The molecule has 5 rings (SSSR count). The SMILES string of the molecule is CCOc1nc(N)c2nc(C3=CNCC(F)=C3)n(Cc3cccc(OCCN4CCCC4)c3)c2n1. The third-order valence-electron chi connectivity index (χ3n) is 6.09. The maximum atomic E-state index is 14.1. The average molecular weight is 480 g/mol. The van der Waals surface area contributed by atoms with Gasteiger partial charge in [-0.25, -0.2) is 9.37 Å². The fourth-order valence-electron chi connectivity index (χ4n) is 4.43. The number of fused-ring (bicyclic) bond motifs is 1. The van der Waals surface area contributed by atoms with Gasteiger partial charge in [0.25, 0.3) is 0 Å².